The van der Waals surface area contributed by atoms with E-state index in [0.717, 1.165) is 5.75 Å². The summed E-state index contributed by atoms with van der Waals surface area (Å²) in [6, 6.07) is 12.4. The van der Waals surface area contributed by atoms with E-state index in [1.165, 1.54) is 16.3 Å². The molecule has 0 bridgehead atoms. The van der Waals surface area contributed by atoms with Crippen LogP contribution >= 0.6 is 0 Å². The number of methoxy groups -OCH3 is 1. The number of ether oxygens (including phenoxy) is 1. The molecule has 0 aromatic heterocycles. The van der Waals surface area contributed by atoms with Crippen LogP contribution in [-0.4, -0.2) is 7.11 Å². The highest BCUT2D eigenvalue weighted by Crippen LogP contribution is 2.24. The number of fused-ring (bicyclic) bond motifs is 1. The van der Waals surface area contributed by atoms with E-state index in [2.05, 4.69) is 31.2 Å². The zero-order valence-corrected chi connectivity index (χ0v) is 9.16. The lowest BCUT2D eigenvalue weighted by atomic mass is 9.99. The first-order chi connectivity index (χ1) is 7.74. The van der Waals surface area contributed by atoms with Crippen LogP contribution in [0.15, 0.2) is 36.4 Å². The van der Waals surface area contributed by atoms with Crippen molar-refractivity contribution >= 4 is 10.8 Å². The van der Waals surface area contributed by atoms with Crippen LogP contribution in [0.5, 0.6) is 5.75 Å². The largest absolute Gasteiger partial charge is 0.497 e. The van der Waals surface area contributed by atoms with Crippen LogP contribution in [-0.2, 0) is 0 Å². The van der Waals surface area contributed by atoms with Crippen molar-refractivity contribution in [1.82, 2.24) is 0 Å². The summed E-state index contributed by atoms with van der Waals surface area (Å²) >= 11 is 0. The number of benzene rings is 2. The van der Waals surface area contributed by atoms with Gasteiger partial charge in [0.1, 0.15) is 5.75 Å². The fourth-order valence-corrected chi connectivity index (χ4v) is 1.68. The van der Waals surface area contributed by atoms with E-state index in [1.54, 1.807) is 7.11 Å². The zero-order chi connectivity index (χ0) is 11.5. The van der Waals surface area contributed by atoms with Gasteiger partial charge in [-0.3, -0.25) is 0 Å². The minimum atomic E-state index is 0.298. The summed E-state index contributed by atoms with van der Waals surface area (Å²) in [6.07, 6.45) is 0. The predicted octanol–water partition coefficient (Wildman–Crippen LogP) is 3.97. The second kappa shape index (κ2) is 3.93. The van der Waals surface area contributed by atoms with Gasteiger partial charge in [0.2, 0.25) is 0 Å². The van der Waals surface area contributed by atoms with Gasteiger partial charge in [-0.25, -0.2) is 0 Å². The van der Waals surface area contributed by atoms with E-state index in [4.69, 9.17) is 6.11 Å². The Hall–Kier alpha value is -1.50. The van der Waals surface area contributed by atoms with Crippen molar-refractivity contribution < 1.29 is 6.11 Å². The fourth-order valence-electron chi connectivity index (χ4n) is 1.68. The molecule has 0 unspecified atom stereocenters. The molecule has 0 N–H and O–H groups in total. The first kappa shape index (κ1) is 8.78. The third-order valence-corrected chi connectivity index (χ3v) is 2.64. The number of rotatable bonds is 2. The van der Waals surface area contributed by atoms with Gasteiger partial charge >= 0.3 is 0 Å². The van der Waals surface area contributed by atoms with Crippen LogP contribution in [0.4, 0.5) is 0 Å². The maximum Gasteiger partial charge on any atom is 0.119 e. The van der Waals surface area contributed by atoms with Gasteiger partial charge in [0.15, 0.2) is 0 Å². The second-order valence-corrected chi connectivity index (χ2v) is 3.87. The Morgan fingerprint density at radius 3 is 2.60 bits per heavy atom. The highest BCUT2D eigenvalue weighted by molar-refractivity contribution is 5.84. The summed E-state index contributed by atoms with van der Waals surface area (Å²) in [4.78, 5) is 0. The van der Waals surface area contributed by atoms with Crippen molar-refractivity contribution in [3.63, 3.8) is 0 Å². The van der Waals surface area contributed by atoms with Crippen LogP contribution in [0, 0.1) is 0 Å². The molecule has 0 spiro atoms. The lowest BCUT2D eigenvalue weighted by molar-refractivity contribution is 0.415. The topological polar surface area (TPSA) is 9.23 Å². The Labute approximate surface area is 92.1 Å². The first-order valence-electron chi connectivity index (χ1n) is 5.82. The molecule has 0 aliphatic rings. The minimum Gasteiger partial charge on any atom is -0.497 e. The van der Waals surface area contributed by atoms with Crippen molar-refractivity contribution in [1.29, 1.82) is 0 Å². The van der Waals surface area contributed by atoms with Crippen LogP contribution in [0.2, 0.25) is 0 Å². The second-order valence-electron chi connectivity index (χ2n) is 3.87. The van der Waals surface area contributed by atoms with Crippen molar-refractivity contribution in [2.45, 2.75) is 19.7 Å². The predicted molar refractivity (Wildman–Crippen MR) is 64.6 cm³/mol. The Kier molecular flexibility index (Phi) is 2.30. The molecule has 2 aromatic rings. The molecule has 0 saturated heterocycles. The molecule has 2 aromatic carbocycles. The highest BCUT2D eigenvalue weighted by atomic mass is 16.5. The van der Waals surface area contributed by atoms with E-state index < -0.39 is 0 Å². The molecule has 1 heteroatoms. The molecule has 0 radical (unpaired) electrons. The fraction of sp³-hybridized carbons (Fsp3) is 0.286. The highest BCUT2D eigenvalue weighted by Gasteiger charge is 2.01. The van der Waals surface area contributed by atoms with Gasteiger partial charge in [0.25, 0.3) is 0 Å². The van der Waals surface area contributed by atoms with Crippen LogP contribution in [0.3, 0.4) is 0 Å². The zero-order valence-electron chi connectivity index (χ0n) is 10.2. The van der Waals surface area contributed by atoms with Crippen LogP contribution < -0.4 is 4.74 Å². The van der Waals surface area contributed by atoms with Gasteiger partial charge in [-0.2, -0.15) is 0 Å². The summed E-state index contributed by atoms with van der Waals surface area (Å²) in [5.74, 6) is 1.18. The van der Waals surface area contributed by atoms with Crippen molar-refractivity contribution in [3.05, 3.63) is 42.0 Å². The van der Waals surface area contributed by atoms with E-state index in [0.29, 0.717) is 12.8 Å². The molecule has 78 valence electrons. The Morgan fingerprint density at radius 2 is 1.87 bits per heavy atom. The number of hydrogen-bond donors (Lipinski definition) is 0. The average molecular weight is 201 g/mol. The molecular weight excluding hydrogens is 184 g/mol. The summed E-state index contributed by atoms with van der Waals surface area (Å²) in [5.41, 5.74) is 1.23. The van der Waals surface area contributed by atoms with E-state index in [-0.39, 0.29) is 0 Å². The van der Waals surface area contributed by atoms with Gasteiger partial charge in [-0.1, -0.05) is 38.1 Å². The van der Waals surface area contributed by atoms with Gasteiger partial charge in [0, 0.05) is 1.37 Å². The first-order valence-corrected chi connectivity index (χ1v) is 5.11. The molecular formula is C14H16O. The molecule has 0 aliphatic carbocycles. The quantitative estimate of drug-likeness (QED) is 0.714. The molecule has 0 amide bonds. The maximum atomic E-state index is 7.40. The van der Waals surface area contributed by atoms with Gasteiger partial charge in [0.05, 0.1) is 7.11 Å². The Balaban J connectivity index is 2.47. The third kappa shape index (κ3) is 1.96. The van der Waals surface area contributed by atoms with E-state index >= 15 is 0 Å². The molecule has 0 heterocycles. The van der Waals surface area contributed by atoms with Crippen molar-refractivity contribution in [3.8, 4) is 5.75 Å². The Bertz CT molecular complexity index is 493. The monoisotopic (exact) mass is 201 g/mol. The summed E-state index contributed by atoms with van der Waals surface area (Å²) in [5, 5.41) is 2.39. The molecule has 2 rings (SSSR count). The Morgan fingerprint density at radius 1 is 1.13 bits per heavy atom. The normalized spacial score (nSPS) is 13.6. The van der Waals surface area contributed by atoms with Crippen molar-refractivity contribution in [2.75, 3.05) is 7.11 Å². The third-order valence-electron chi connectivity index (χ3n) is 2.64. The summed E-state index contributed by atoms with van der Waals surface area (Å²) < 4.78 is 12.6. The molecule has 15 heavy (non-hydrogen) atoms. The standard InChI is InChI=1S/C14H16O/c1-10(2)11-4-5-13-9-14(15-3)7-6-12(13)8-11/h4-10H,1-3H3/i1D/t10-/m0/s1. The van der Waals surface area contributed by atoms with Gasteiger partial charge < -0.3 is 4.74 Å². The maximum absolute atomic E-state index is 7.40. The average Bonchev–Trinajstić information content (AvgIpc) is 2.36. The van der Waals surface area contributed by atoms with Gasteiger partial charge in [-0.15, -0.1) is 0 Å². The SMILES string of the molecule is [2H]C[C@@H](C)c1ccc2cc(OC)ccc2c1. The minimum absolute atomic E-state index is 0.298. The van der Waals surface area contributed by atoms with Crippen molar-refractivity contribution in [2.24, 2.45) is 0 Å². The van der Waals surface area contributed by atoms with Crippen LogP contribution in [0.1, 0.15) is 26.7 Å². The van der Waals surface area contributed by atoms with Gasteiger partial charge in [-0.05, 0) is 34.4 Å². The molecule has 0 aliphatic heterocycles. The lowest BCUT2D eigenvalue weighted by Crippen LogP contribution is -1.87. The molecule has 1 nitrogen and oxygen atoms in total. The van der Waals surface area contributed by atoms with E-state index in [1.807, 2.05) is 12.1 Å². The van der Waals surface area contributed by atoms with Crippen LogP contribution in [0.25, 0.3) is 10.8 Å². The lowest BCUT2D eigenvalue weighted by Gasteiger charge is -2.07. The molecule has 0 saturated carbocycles. The molecule has 0 fully saturated rings. The van der Waals surface area contributed by atoms with E-state index in [9.17, 15) is 0 Å². The molecule has 1 atom stereocenters. The summed E-state index contributed by atoms with van der Waals surface area (Å²) in [7, 11) is 1.68. The number of hydrogen-bond acceptors (Lipinski definition) is 1. The summed E-state index contributed by atoms with van der Waals surface area (Å²) in [6.45, 7) is 2.51. The smallest absolute Gasteiger partial charge is 0.119 e.